The molecule has 2 rings (SSSR count). The van der Waals surface area contributed by atoms with Crippen LogP contribution in [0.25, 0.3) is 0 Å². The summed E-state index contributed by atoms with van der Waals surface area (Å²) in [6, 6.07) is 8.50. The zero-order valence-electron chi connectivity index (χ0n) is 10.1. The van der Waals surface area contributed by atoms with Crippen LogP contribution in [0.1, 0.15) is 36.9 Å². The van der Waals surface area contributed by atoms with E-state index in [-0.39, 0.29) is 12.0 Å². The minimum atomic E-state index is -0.662. The smallest absolute Gasteiger partial charge is 0.306 e. The maximum Gasteiger partial charge on any atom is 0.306 e. The highest BCUT2D eigenvalue weighted by molar-refractivity contribution is 5.70. The van der Waals surface area contributed by atoms with E-state index in [1.165, 1.54) is 11.1 Å². The minimum absolute atomic E-state index is 0.195. The summed E-state index contributed by atoms with van der Waals surface area (Å²) >= 11 is 0. The molecule has 3 nitrogen and oxygen atoms in total. The van der Waals surface area contributed by atoms with E-state index >= 15 is 0 Å². The molecule has 1 fully saturated rings. The zero-order valence-corrected chi connectivity index (χ0v) is 10.1. The molecule has 2 atom stereocenters. The molecule has 0 spiro atoms. The first kappa shape index (κ1) is 12.1. The fraction of sp³-hybridized carbons (Fsp3) is 0.500. The molecule has 2 N–H and O–H groups in total. The van der Waals surface area contributed by atoms with Crippen molar-refractivity contribution in [1.82, 2.24) is 5.32 Å². The number of carboxylic acid groups (broad SMARTS) is 1. The van der Waals surface area contributed by atoms with Crippen molar-refractivity contribution < 1.29 is 9.90 Å². The molecule has 0 bridgehead atoms. The van der Waals surface area contributed by atoms with Gasteiger partial charge < -0.3 is 10.4 Å². The van der Waals surface area contributed by atoms with E-state index < -0.39 is 5.97 Å². The summed E-state index contributed by atoms with van der Waals surface area (Å²) < 4.78 is 0. The van der Waals surface area contributed by atoms with Crippen LogP contribution in [0.4, 0.5) is 0 Å². The third-order valence-corrected chi connectivity index (χ3v) is 3.56. The van der Waals surface area contributed by atoms with Gasteiger partial charge in [0.25, 0.3) is 0 Å². The van der Waals surface area contributed by atoms with E-state index in [0.29, 0.717) is 6.42 Å². The van der Waals surface area contributed by atoms with Crippen molar-refractivity contribution in [2.45, 2.75) is 32.2 Å². The lowest BCUT2D eigenvalue weighted by Gasteiger charge is -2.29. The Labute approximate surface area is 102 Å². The van der Waals surface area contributed by atoms with Crippen LogP contribution in [0.3, 0.4) is 0 Å². The van der Waals surface area contributed by atoms with Crippen molar-refractivity contribution in [2.24, 2.45) is 5.92 Å². The average molecular weight is 233 g/mol. The van der Waals surface area contributed by atoms with Gasteiger partial charge in [-0.3, -0.25) is 4.79 Å². The van der Waals surface area contributed by atoms with Gasteiger partial charge >= 0.3 is 5.97 Å². The van der Waals surface area contributed by atoms with Crippen LogP contribution in [0.2, 0.25) is 0 Å². The average Bonchev–Trinajstić information content (AvgIpc) is 2.39. The lowest BCUT2D eigenvalue weighted by molar-refractivity contribution is -0.143. The lowest BCUT2D eigenvalue weighted by Crippen LogP contribution is -2.35. The minimum Gasteiger partial charge on any atom is -0.481 e. The molecule has 17 heavy (non-hydrogen) atoms. The largest absolute Gasteiger partial charge is 0.481 e. The van der Waals surface area contributed by atoms with Gasteiger partial charge in [0.05, 0.1) is 5.92 Å². The number of hydrogen-bond donors (Lipinski definition) is 2. The van der Waals surface area contributed by atoms with Gasteiger partial charge in [-0.05, 0) is 36.9 Å². The summed E-state index contributed by atoms with van der Waals surface area (Å²) in [5, 5.41) is 12.5. The van der Waals surface area contributed by atoms with Gasteiger partial charge in [-0.1, -0.05) is 31.2 Å². The quantitative estimate of drug-likeness (QED) is 0.842. The SMILES string of the molecule is CCc1ccccc1C1CC(C(=O)O)CCN1. The van der Waals surface area contributed by atoms with E-state index in [2.05, 4.69) is 24.4 Å². The van der Waals surface area contributed by atoms with Gasteiger partial charge in [-0.15, -0.1) is 0 Å². The van der Waals surface area contributed by atoms with Crippen molar-refractivity contribution in [2.75, 3.05) is 6.54 Å². The second-order valence-electron chi connectivity index (χ2n) is 4.62. The molecule has 1 aromatic carbocycles. The van der Waals surface area contributed by atoms with Crippen molar-refractivity contribution in [3.8, 4) is 0 Å². The third kappa shape index (κ3) is 2.67. The normalized spacial score (nSPS) is 24.5. The second kappa shape index (κ2) is 5.32. The van der Waals surface area contributed by atoms with Gasteiger partial charge in [0, 0.05) is 6.04 Å². The molecule has 0 saturated carbocycles. The van der Waals surface area contributed by atoms with Crippen molar-refractivity contribution in [3.63, 3.8) is 0 Å². The molecule has 92 valence electrons. The molecule has 0 amide bonds. The van der Waals surface area contributed by atoms with E-state index in [4.69, 9.17) is 5.11 Å². The van der Waals surface area contributed by atoms with Gasteiger partial charge in [-0.25, -0.2) is 0 Å². The summed E-state index contributed by atoms with van der Waals surface area (Å²) in [4.78, 5) is 11.1. The molecule has 3 heteroatoms. The summed E-state index contributed by atoms with van der Waals surface area (Å²) in [6.07, 6.45) is 2.43. The van der Waals surface area contributed by atoms with Crippen LogP contribution in [-0.2, 0) is 11.2 Å². The van der Waals surface area contributed by atoms with Crippen LogP contribution >= 0.6 is 0 Å². The van der Waals surface area contributed by atoms with Crippen LogP contribution in [0, 0.1) is 5.92 Å². The second-order valence-corrected chi connectivity index (χ2v) is 4.62. The molecule has 0 radical (unpaired) electrons. The highest BCUT2D eigenvalue weighted by atomic mass is 16.4. The molecular weight excluding hydrogens is 214 g/mol. The predicted octanol–water partition coefficient (Wildman–Crippen LogP) is 2.37. The van der Waals surface area contributed by atoms with Crippen LogP contribution in [0.15, 0.2) is 24.3 Å². The summed E-state index contributed by atoms with van der Waals surface area (Å²) in [6.45, 7) is 2.93. The Morgan fingerprint density at radius 3 is 2.94 bits per heavy atom. The van der Waals surface area contributed by atoms with Gasteiger partial charge in [0.2, 0.25) is 0 Å². The number of piperidine rings is 1. The van der Waals surface area contributed by atoms with Crippen LogP contribution in [-0.4, -0.2) is 17.6 Å². The fourth-order valence-corrected chi connectivity index (χ4v) is 2.57. The molecule has 1 aliphatic rings. The molecule has 0 aromatic heterocycles. The molecule has 1 aliphatic heterocycles. The highest BCUT2D eigenvalue weighted by Crippen LogP contribution is 2.29. The predicted molar refractivity (Wildman–Crippen MR) is 66.9 cm³/mol. The Balaban J connectivity index is 2.18. The summed E-state index contributed by atoms with van der Waals surface area (Å²) in [7, 11) is 0. The van der Waals surface area contributed by atoms with E-state index in [1.54, 1.807) is 0 Å². The van der Waals surface area contributed by atoms with E-state index in [0.717, 1.165) is 19.4 Å². The standard InChI is InChI=1S/C14H19NO2/c1-2-10-5-3-4-6-12(10)13-9-11(14(16)17)7-8-15-13/h3-6,11,13,15H,2,7-9H2,1H3,(H,16,17). The Morgan fingerprint density at radius 1 is 1.47 bits per heavy atom. The molecule has 1 aromatic rings. The van der Waals surface area contributed by atoms with Gasteiger partial charge in [0.1, 0.15) is 0 Å². The highest BCUT2D eigenvalue weighted by Gasteiger charge is 2.28. The number of nitrogens with one attached hydrogen (secondary N) is 1. The Kier molecular flexibility index (Phi) is 3.79. The van der Waals surface area contributed by atoms with Gasteiger partial charge in [-0.2, -0.15) is 0 Å². The van der Waals surface area contributed by atoms with Crippen molar-refractivity contribution >= 4 is 5.97 Å². The van der Waals surface area contributed by atoms with Crippen molar-refractivity contribution in [1.29, 1.82) is 0 Å². The number of hydrogen-bond acceptors (Lipinski definition) is 2. The molecule has 2 unspecified atom stereocenters. The first-order valence-corrected chi connectivity index (χ1v) is 6.26. The Bertz CT molecular complexity index is 403. The van der Waals surface area contributed by atoms with E-state index in [9.17, 15) is 4.79 Å². The third-order valence-electron chi connectivity index (χ3n) is 3.56. The first-order valence-electron chi connectivity index (χ1n) is 6.26. The maximum atomic E-state index is 11.1. The fourth-order valence-electron chi connectivity index (χ4n) is 2.57. The summed E-state index contributed by atoms with van der Waals surface area (Å²) in [5.74, 6) is -0.864. The Morgan fingerprint density at radius 2 is 2.24 bits per heavy atom. The molecule has 1 saturated heterocycles. The number of rotatable bonds is 3. The summed E-state index contributed by atoms with van der Waals surface area (Å²) in [5.41, 5.74) is 2.58. The van der Waals surface area contributed by atoms with Crippen molar-refractivity contribution in [3.05, 3.63) is 35.4 Å². The topological polar surface area (TPSA) is 49.3 Å². The molecule has 0 aliphatic carbocycles. The van der Waals surface area contributed by atoms with Crippen LogP contribution in [0.5, 0.6) is 0 Å². The molecular formula is C14H19NO2. The first-order chi connectivity index (χ1) is 8.22. The number of carbonyl (C=O) groups is 1. The maximum absolute atomic E-state index is 11.1. The molecule has 1 heterocycles. The number of carboxylic acids is 1. The number of benzene rings is 1. The number of aliphatic carboxylic acids is 1. The van der Waals surface area contributed by atoms with Crippen LogP contribution < -0.4 is 5.32 Å². The lowest BCUT2D eigenvalue weighted by atomic mass is 9.86. The van der Waals surface area contributed by atoms with Gasteiger partial charge in [0.15, 0.2) is 0 Å². The monoisotopic (exact) mass is 233 g/mol. The Hall–Kier alpha value is -1.35. The zero-order chi connectivity index (χ0) is 12.3. The number of aryl methyl sites for hydroxylation is 1. The van der Waals surface area contributed by atoms with E-state index in [1.807, 2.05) is 12.1 Å².